The second kappa shape index (κ2) is 5.93. The molecule has 0 atom stereocenters. The Balaban J connectivity index is 2.02. The van der Waals surface area contributed by atoms with E-state index in [4.69, 9.17) is 21.1 Å². The fraction of sp³-hybridized carbons (Fsp3) is 0.333. The third-order valence-electron chi connectivity index (χ3n) is 2.48. The first-order valence-corrected chi connectivity index (χ1v) is 5.93. The molecule has 0 bridgehead atoms. The van der Waals surface area contributed by atoms with Crippen molar-refractivity contribution in [2.24, 2.45) is 0 Å². The lowest BCUT2D eigenvalue weighted by Crippen LogP contribution is -1.96. The number of halogens is 2. The van der Waals surface area contributed by atoms with Gasteiger partial charge in [0.05, 0.1) is 6.61 Å². The highest BCUT2D eigenvalue weighted by atomic mass is 35.5. The van der Waals surface area contributed by atoms with Crippen LogP contribution in [0.4, 0.5) is 4.39 Å². The molecule has 0 saturated carbocycles. The van der Waals surface area contributed by atoms with Crippen LogP contribution in [0.3, 0.4) is 0 Å². The third kappa shape index (κ3) is 3.05. The topological polar surface area (TPSA) is 59.2 Å². The second-order valence-corrected chi connectivity index (χ2v) is 4.17. The fourth-order valence-corrected chi connectivity index (χ4v) is 1.85. The van der Waals surface area contributed by atoms with E-state index in [1.165, 1.54) is 6.07 Å². The smallest absolute Gasteiger partial charge is 0.218 e. The molecule has 0 aliphatic rings. The molecule has 96 valence electrons. The average Bonchev–Trinajstić information content (AvgIpc) is 2.77. The lowest BCUT2D eigenvalue weighted by molar-refractivity contribution is 0.283. The Labute approximate surface area is 108 Å². The van der Waals surface area contributed by atoms with Gasteiger partial charge in [0.1, 0.15) is 5.82 Å². The van der Waals surface area contributed by atoms with Gasteiger partial charge in [0.25, 0.3) is 0 Å². The Bertz CT molecular complexity index is 510. The van der Waals surface area contributed by atoms with Crippen LogP contribution >= 0.6 is 11.6 Å². The number of benzene rings is 1. The van der Waals surface area contributed by atoms with Crippen molar-refractivity contribution in [2.75, 3.05) is 6.61 Å². The molecular formula is C12H12ClFN2O2. The summed E-state index contributed by atoms with van der Waals surface area (Å²) in [4.78, 5) is 0. The van der Waals surface area contributed by atoms with Crippen molar-refractivity contribution in [1.82, 2.24) is 10.2 Å². The van der Waals surface area contributed by atoms with E-state index < -0.39 is 0 Å². The monoisotopic (exact) mass is 270 g/mol. The second-order valence-electron chi connectivity index (χ2n) is 3.76. The van der Waals surface area contributed by atoms with E-state index >= 15 is 0 Å². The molecule has 0 unspecified atom stereocenters. The summed E-state index contributed by atoms with van der Waals surface area (Å²) in [7, 11) is 0. The highest BCUT2D eigenvalue weighted by molar-refractivity contribution is 6.31. The van der Waals surface area contributed by atoms with E-state index in [0.717, 1.165) is 0 Å². The molecule has 1 aromatic heterocycles. The summed E-state index contributed by atoms with van der Waals surface area (Å²) >= 11 is 5.91. The number of hydrogen-bond donors (Lipinski definition) is 1. The Kier molecular flexibility index (Phi) is 4.28. The SMILES string of the molecule is OCCc1nnc(CCc2c(F)cccc2Cl)o1. The first kappa shape index (κ1) is 13.0. The molecule has 0 fully saturated rings. The highest BCUT2D eigenvalue weighted by Gasteiger charge is 2.10. The molecule has 1 N–H and O–H groups in total. The normalized spacial score (nSPS) is 10.8. The van der Waals surface area contributed by atoms with Gasteiger partial charge in [-0.2, -0.15) is 0 Å². The summed E-state index contributed by atoms with van der Waals surface area (Å²) in [5.41, 5.74) is 0.445. The minimum atomic E-state index is -0.336. The molecule has 2 aromatic rings. The van der Waals surface area contributed by atoms with E-state index in [2.05, 4.69) is 10.2 Å². The first-order chi connectivity index (χ1) is 8.70. The highest BCUT2D eigenvalue weighted by Crippen LogP contribution is 2.20. The number of aromatic nitrogens is 2. The lowest BCUT2D eigenvalue weighted by atomic mass is 10.1. The van der Waals surface area contributed by atoms with E-state index in [9.17, 15) is 4.39 Å². The van der Waals surface area contributed by atoms with Crippen LogP contribution in [0.25, 0.3) is 0 Å². The Morgan fingerprint density at radius 3 is 2.56 bits per heavy atom. The number of hydrogen-bond acceptors (Lipinski definition) is 4. The van der Waals surface area contributed by atoms with Gasteiger partial charge in [-0.15, -0.1) is 10.2 Å². The number of aliphatic hydroxyl groups excluding tert-OH is 1. The Morgan fingerprint density at radius 1 is 1.17 bits per heavy atom. The molecule has 0 amide bonds. The van der Waals surface area contributed by atoms with Crippen molar-refractivity contribution < 1.29 is 13.9 Å². The van der Waals surface area contributed by atoms with Gasteiger partial charge < -0.3 is 9.52 Å². The lowest BCUT2D eigenvalue weighted by Gasteiger charge is -2.03. The van der Waals surface area contributed by atoms with Crippen LogP contribution in [0.15, 0.2) is 22.6 Å². The molecular weight excluding hydrogens is 259 g/mol. The molecule has 1 aromatic carbocycles. The molecule has 0 saturated heterocycles. The maximum atomic E-state index is 13.5. The van der Waals surface area contributed by atoms with Crippen LogP contribution in [0, 0.1) is 5.82 Å². The van der Waals surface area contributed by atoms with Crippen molar-refractivity contribution in [3.63, 3.8) is 0 Å². The molecule has 0 aliphatic carbocycles. The van der Waals surface area contributed by atoms with Gasteiger partial charge in [0.15, 0.2) is 0 Å². The molecule has 2 rings (SSSR count). The fourth-order valence-electron chi connectivity index (χ4n) is 1.59. The van der Waals surface area contributed by atoms with E-state index in [1.807, 2.05) is 0 Å². The van der Waals surface area contributed by atoms with Crippen LogP contribution in [-0.4, -0.2) is 21.9 Å². The van der Waals surface area contributed by atoms with Crippen LogP contribution in [0.2, 0.25) is 5.02 Å². The first-order valence-electron chi connectivity index (χ1n) is 5.55. The summed E-state index contributed by atoms with van der Waals surface area (Å²) in [5.74, 6) is 0.461. The zero-order chi connectivity index (χ0) is 13.0. The van der Waals surface area contributed by atoms with Crippen LogP contribution in [0.5, 0.6) is 0 Å². The number of aliphatic hydroxyl groups is 1. The summed E-state index contributed by atoms with van der Waals surface area (Å²) < 4.78 is 18.8. The molecule has 18 heavy (non-hydrogen) atoms. The minimum absolute atomic E-state index is 0.0409. The van der Waals surface area contributed by atoms with Crippen LogP contribution in [0.1, 0.15) is 17.3 Å². The van der Waals surface area contributed by atoms with E-state index in [0.29, 0.717) is 41.6 Å². The molecule has 0 aliphatic heterocycles. The van der Waals surface area contributed by atoms with Crippen molar-refractivity contribution in [3.8, 4) is 0 Å². The van der Waals surface area contributed by atoms with Gasteiger partial charge >= 0.3 is 0 Å². The van der Waals surface area contributed by atoms with Crippen LogP contribution < -0.4 is 0 Å². The Morgan fingerprint density at radius 2 is 1.89 bits per heavy atom. The van der Waals surface area contributed by atoms with E-state index in [1.54, 1.807) is 12.1 Å². The Hall–Kier alpha value is -1.46. The summed E-state index contributed by atoms with van der Waals surface area (Å²) in [6, 6.07) is 4.57. The van der Waals surface area contributed by atoms with Gasteiger partial charge in [0, 0.05) is 23.4 Å². The molecule has 4 nitrogen and oxygen atoms in total. The number of nitrogens with zero attached hydrogens (tertiary/aromatic N) is 2. The molecule has 0 spiro atoms. The van der Waals surface area contributed by atoms with Crippen LogP contribution in [-0.2, 0) is 19.3 Å². The molecule has 0 radical (unpaired) electrons. The standard InChI is InChI=1S/C12H12ClFN2O2/c13-9-2-1-3-10(14)8(9)4-5-11-15-16-12(18-11)6-7-17/h1-3,17H,4-7H2. The zero-order valence-electron chi connectivity index (χ0n) is 9.57. The van der Waals surface area contributed by atoms with Gasteiger partial charge in [0.2, 0.25) is 11.8 Å². The van der Waals surface area contributed by atoms with E-state index in [-0.39, 0.29) is 12.4 Å². The number of aryl methyl sites for hydroxylation is 1. The van der Waals surface area contributed by atoms with Crippen molar-refractivity contribution >= 4 is 11.6 Å². The van der Waals surface area contributed by atoms with Gasteiger partial charge in [-0.05, 0) is 18.6 Å². The largest absolute Gasteiger partial charge is 0.425 e. The maximum Gasteiger partial charge on any atom is 0.218 e. The zero-order valence-corrected chi connectivity index (χ0v) is 10.3. The van der Waals surface area contributed by atoms with Crippen molar-refractivity contribution in [3.05, 3.63) is 46.4 Å². The van der Waals surface area contributed by atoms with Gasteiger partial charge in [-0.1, -0.05) is 17.7 Å². The number of rotatable bonds is 5. The van der Waals surface area contributed by atoms with Gasteiger partial charge in [-0.3, -0.25) is 0 Å². The summed E-state index contributed by atoms with van der Waals surface area (Å²) in [6.45, 7) is -0.0409. The minimum Gasteiger partial charge on any atom is -0.425 e. The van der Waals surface area contributed by atoms with Crippen molar-refractivity contribution in [2.45, 2.75) is 19.3 Å². The maximum absolute atomic E-state index is 13.5. The predicted molar refractivity (Wildman–Crippen MR) is 63.9 cm³/mol. The third-order valence-corrected chi connectivity index (χ3v) is 2.84. The molecule has 6 heteroatoms. The van der Waals surface area contributed by atoms with Gasteiger partial charge in [-0.25, -0.2) is 4.39 Å². The quantitative estimate of drug-likeness (QED) is 0.905. The predicted octanol–water partition coefficient (Wildman–Crippen LogP) is 2.18. The summed E-state index contributed by atoms with van der Waals surface area (Å²) in [5, 5.41) is 16.7. The molecule has 1 heterocycles. The summed E-state index contributed by atoms with van der Waals surface area (Å²) in [6.07, 6.45) is 1.14. The average molecular weight is 271 g/mol. The van der Waals surface area contributed by atoms with Crippen molar-refractivity contribution in [1.29, 1.82) is 0 Å².